The molecule has 11 heteroatoms. The van der Waals surface area contributed by atoms with Crippen molar-refractivity contribution in [3.63, 3.8) is 0 Å². The van der Waals surface area contributed by atoms with Crippen LogP contribution in [0.2, 0.25) is 18.6 Å². The highest BCUT2D eigenvalue weighted by Crippen LogP contribution is 2.60. The summed E-state index contributed by atoms with van der Waals surface area (Å²) in [5.74, 6) is -1.21. The maximum atomic E-state index is 16.1. The molecule has 0 radical (unpaired) electrons. The molecular formula is C35H41FN4O5Si. The first-order chi connectivity index (χ1) is 21.9. The number of rotatable bonds is 8. The van der Waals surface area contributed by atoms with Crippen molar-refractivity contribution in [1.29, 1.82) is 0 Å². The third kappa shape index (κ3) is 5.60. The molecule has 0 aliphatic carbocycles. The van der Waals surface area contributed by atoms with Gasteiger partial charge in [0.1, 0.15) is 0 Å². The number of likely N-dealkylation sites (tertiary alicyclic amines) is 1. The van der Waals surface area contributed by atoms with E-state index in [-0.39, 0.29) is 43.3 Å². The molecule has 6 rings (SSSR count). The van der Waals surface area contributed by atoms with Gasteiger partial charge in [-0.05, 0) is 74.0 Å². The quantitative estimate of drug-likeness (QED) is 0.176. The van der Waals surface area contributed by atoms with E-state index in [1.54, 1.807) is 59.3 Å². The summed E-state index contributed by atoms with van der Waals surface area (Å²) in [5, 5.41) is 12.7. The molecule has 1 spiro atoms. The number of hydrogen-bond acceptors (Lipinski definition) is 6. The van der Waals surface area contributed by atoms with E-state index in [4.69, 9.17) is 10.5 Å². The number of aliphatic hydroxyl groups excluding tert-OH is 1. The Morgan fingerprint density at radius 3 is 2.46 bits per heavy atom. The van der Waals surface area contributed by atoms with Crippen LogP contribution in [-0.2, 0) is 26.5 Å². The number of amides is 3. The molecule has 0 bridgehead atoms. The zero-order chi connectivity index (χ0) is 32.8. The standard InChI is InChI=1S/C35H41FN4O5Si/c1-22-32(46(2,3)36)30(19-31(42)39-18-6-7-27(39)21-41)45-35(22)28-8-4-5-9-29(28)40(34(35)44)20-23-10-16-26(17-11-23)38-33(43)24-12-14-25(37)15-13-24/h4-5,8-17,22,27,30,32,41H,6-7,18-21,37H2,1-3H3,(H,38,43)/t22-,27+,30+,32-,35+/m1/s1. The Labute approximate surface area is 269 Å². The number of nitrogen functional groups attached to an aromatic ring is 1. The van der Waals surface area contributed by atoms with E-state index in [0.29, 0.717) is 34.7 Å². The smallest absolute Gasteiger partial charge is 0.264 e. The molecule has 2 fully saturated rings. The lowest BCUT2D eigenvalue weighted by Crippen LogP contribution is -2.45. The maximum Gasteiger partial charge on any atom is 0.264 e. The molecule has 0 saturated carbocycles. The fraction of sp³-hybridized carbons (Fsp3) is 0.400. The van der Waals surface area contributed by atoms with E-state index in [1.165, 1.54) is 0 Å². The second-order valence-electron chi connectivity index (χ2n) is 13.2. The predicted molar refractivity (Wildman–Crippen MR) is 177 cm³/mol. The van der Waals surface area contributed by atoms with Gasteiger partial charge in [-0.15, -0.1) is 0 Å². The van der Waals surface area contributed by atoms with Gasteiger partial charge in [0.15, 0.2) is 5.60 Å². The van der Waals surface area contributed by atoms with Gasteiger partial charge in [-0.2, -0.15) is 0 Å². The largest absolute Gasteiger partial charge is 0.399 e. The Balaban J connectivity index is 1.25. The van der Waals surface area contributed by atoms with E-state index in [1.807, 2.05) is 43.3 Å². The SMILES string of the molecule is C[C@@H]1[C@@H]([Si](C)(C)F)[C@H](CC(=O)N2CCC[C@H]2CO)O[C@@]12C(=O)N(Cc1ccc(NC(=O)c3ccc(N)cc3)cc1)c1ccccc12. The number of hydrogen-bond donors (Lipinski definition) is 3. The molecule has 3 aromatic carbocycles. The number of ether oxygens (including phenoxy) is 1. The lowest BCUT2D eigenvalue weighted by Gasteiger charge is -2.31. The third-order valence-electron chi connectivity index (χ3n) is 9.88. The predicted octanol–water partition coefficient (Wildman–Crippen LogP) is 5.22. The molecular weight excluding hydrogens is 603 g/mol. The van der Waals surface area contributed by atoms with Gasteiger partial charge >= 0.3 is 0 Å². The Bertz CT molecular complexity index is 1630. The number of halogens is 1. The van der Waals surface area contributed by atoms with Gasteiger partial charge in [0, 0.05) is 40.5 Å². The average molecular weight is 645 g/mol. The first-order valence-electron chi connectivity index (χ1n) is 15.9. The Morgan fingerprint density at radius 2 is 1.78 bits per heavy atom. The van der Waals surface area contributed by atoms with Crippen LogP contribution in [0.4, 0.5) is 21.2 Å². The van der Waals surface area contributed by atoms with E-state index in [2.05, 4.69) is 5.32 Å². The van der Waals surface area contributed by atoms with E-state index < -0.39 is 31.6 Å². The van der Waals surface area contributed by atoms with E-state index in [9.17, 15) is 19.5 Å². The van der Waals surface area contributed by atoms with Crippen molar-refractivity contribution in [1.82, 2.24) is 4.90 Å². The molecule has 0 aromatic heterocycles. The number of aliphatic hydroxyl groups is 1. The summed E-state index contributed by atoms with van der Waals surface area (Å²) >= 11 is 0. The van der Waals surface area contributed by atoms with Gasteiger partial charge < -0.3 is 34.8 Å². The van der Waals surface area contributed by atoms with Crippen LogP contribution in [0.25, 0.3) is 0 Å². The number of para-hydroxylation sites is 1. The molecule has 3 aliphatic heterocycles. The Morgan fingerprint density at radius 1 is 1.09 bits per heavy atom. The first kappa shape index (κ1) is 31.9. The van der Waals surface area contributed by atoms with Crippen LogP contribution >= 0.6 is 0 Å². The fourth-order valence-electron chi connectivity index (χ4n) is 7.72. The number of fused-ring (bicyclic) bond motifs is 2. The molecule has 242 valence electrons. The summed E-state index contributed by atoms with van der Waals surface area (Å²) in [6.07, 6.45) is 0.742. The molecule has 0 unspecified atom stereocenters. The number of carbonyl (C=O) groups is 3. The van der Waals surface area contributed by atoms with Crippen LogP contribution < -0.4 is 16.0 Å². The summed E-state index contributed by atoms with van der Waals surface area (Å²) in [5.41, 5.74) is 7.61. The van der Waals surface area contributed by atoms with E-state index >= 15 is 4.11 Å². The van der Waals surface area contributed by atoms with E-state index in [0.717, 1.165) is 18.4 Å². The fourth-order valence-corrected chi connectivity index (χ4v) is 10.2. The van der Waals surface area contributed by atoms with Crippen molar-refractivity contribution in [2.24, 2.45) is 5.92 Å². The second-order valence-corrected chi connectivity index (χ2v) is 17.0. The van der Waals surface area contributed by atoms with Gasteiger partial charge in [-0.25, -0.2) is 0 Å². The van der Waals surface area contributed by atoms with Crippen LogP contribution in [0.15, 0.2) is 72.8 Å². The average Bonchev–Trinajstić information content (AvgIpc) is 3.69. The Kier molecular flexibility index (Phi) is 8.51. The minimum Gasteiger partial charge on any atom is -0.399 e. The minimum atomic E-state index is -3.43. The van der Waals surface area contributed by atoms with Crippen molar-refractivity contribution >= 4 is 43.2 Å². The van der Waals surface area contributed by atoms with Crippen LogP contribution in [0.1, 0.15) is 47.7 Å². The zero-order valence-corrected chi connectivity index (χ0v) is 27.4. The first-order valence-corrected chi connectivity index (χ1v) is 18.8. The summed E-state index contributed by atoms with van der Waals surface area (Å²) in [4.78, 5) is 44.1. The summed E-state index contributed by atoms with van der Waals surface area (Å²) in [6, 6.07) is 21.2. The van der Waals surface area contributed by atoms with Crippen molar-refractivity contribution < 1.29 is 28.3 Å². The van der Waals surface area contributed by atoms with Gasteiger partial charge in [0.25, 0.3) is 11.8 Å². The van der Waals surface area contributed by atoms with Gasteiger partial charge in [-0.1, -0.05) is 37.3 Å². The molecule has 2 saturated heterocycles. The van der Waals surface area contributed by atoms with Crippen molar-refractivity contribution in [2.75, 3.05) is 29.1 Å². The second kappa shape index (κ2) is 12.3. The Hall–Kier alpha value is -4.06. The normalized spacial score (nSPS) is 25.7. The number of nitrogens with zero attached hydrogens (tertiary/aromatic N) is 2. The molecule has 3 amide bonds. The molecule has 3 aliphatic rings. The van der Waals surface area contributed by atoms with Crippen LogP contribution in [0.3, 0.4) is 0 Å². The number of carbonyl (C=O) groups excluding carboxylic acids is 3. The number of benzene rings is 3. The molecule has 9 nitrogen and oxygen atoms in total. The molecule has 46 heavy (non-hydrogen) atoms. The summed E-state index contributed by atoms with van der Waals surface area (Å²) in [6.45, 7) is 5.82. The molecule has 4 N–H and O–H groups in total. The monoisotopic (exact) mass is 644 g/mol. The lowest BCUT2D eigenvalue weighted by molar-refractivity contribution is -0.150. The summed E-state index contributed by atoms with van der Waals surface area (Å²) < 4.78 is 22.9. The molecule has 3 aromatic rings. The lowest BCUT2D eigenvalue weighted by atomic mass is 9.82. The number of nitrogens with one attached hydrogen (secondary N) is 1. The van der Waals surface area contributed by atoms with Crippen LogP contribution in [0, 0.1) is 5.92 Å². The molecule has 3 heterocycles. The van der Waals surface area contributed by atoms with Gasteiger partial charge in [-0.3, -0.25) is 14.4 Å². The topological polar surface area (TPSA) is 125 Å². The van der Waals surface area contributed by atoms with Crippen LogP contribution in [0.5, 0.6) is 0 Å². The highest BCUT2D eigenvalue weighted by molar-refractivity contribution is 6.72. The highest BCUT2D eigenvalue weighted by Gasteiger charge is 2.67. The minimum absolute atomic E-state index is 0.0351. The van der Waals surface area contributed by atoms with Crippen LogP contribution in [-0.4, -0.2) is 61.4 Å². The molecule has 5 atom stereocenters. The number of anilines is 3. The summed E-state index contributed by atoms with van der Waals surface area (Å²) in [7, 11) is -3.43. The van der Waals surface area contributed by atoms with Crippen molar-refractivity contribution in [2.45, 2.75) is 69.1 Å². The zero-order valence-electron chi connectivity index (χ0n) is 26.4. The van der Waals surface area contributed by atoms with Crippen molar-refractivity contribution in [3.05, 3.63) is 89.5 Å². The highest BCUT2D eigenvalue weighted by atomic mass is 28.4. The van der Waals surface area contributed by atoms with Crippen molar-refractivity contribution in [3.8, 4) is 0 Å². The maximum absolute atomic E-state index is 16.1. The van der Waals surface area contributed by atoms with Gasteiger partial charge in [0.2, 0.25) is 14.3 Å². The van der Waals surface area contributed by atoms with Gasteiger partial charge in [0.05, 0.1) is 37.4 Å². The number of nitrogens with two attached hydrogens (primary N) is 1. The third-order valence-corrected chi connectivity index (χ3v) is 12.3.